The van der Waals surface area contributed by atoms with Crippen LogP contribution in [-0.2, 0) is 9.53 Å². The molecule has 0 aliphatic rings. The van der Waals surface area contributed by atoms with Gasteiger partial charge in [0.15, 0.2) is 24.3 Å². The van der Waals surface area contributed by atoms with Gasteiger partial charge in [0.2, 0.25) is 0 Å². The molecule has 1 unspecified atom stereocenters. The second-order valence-electron chi connectivity index (χ2n) is 4.55. The van der Waals surface area contributed by atoms with Crippen molar-refractivity contribution in [3.05, 3.63) is 40.1 Å². The highest BCUT2D eigenvalue weighted by Crippen LogP contribution is 2.38. The van der Waals surface area contributed by atoms with E-state index in [9.17, 15) is 13.1 Å². The molecule has 0 saturated carbocycles. The predicted molar refractivity (Wildman–Crippen MR) is 89.8 cm³/mol. The molecule has 130 valence electrons. The summed E-state index contributed by atoms with van der Waals surface area (Å²) < 4.78 is 38.5. The Hall–Kier alpha value is -1.45. The fourth-order valence-electron chi connectivity index (χ4n) is 2.19. The molecule has 2 rings (SSSR count). The average Bonchev–Trinajstić information content (AvgIpc) is 2.90. The van der Waals surface area contributed by atoms with E-state index in [0.29, 0.717) is 10.7 Å². The van der Waals surface area contributed by atoms with E-state index in [2.05, 4.69) is 4.98 Å². The minimum atomic E-state index is -1.11. The minimum Gasteiger partial charge on any atom is -0.496 e. The molecule has 0 radical (unpaired) electrons. The third kappa shape index (κ3) is 3.47. The van der Waals surface area contributed by atoms with Crippen molar-refractivity contribution in [3.63, 3.8) is 0 Å². The highest BCUT2D eigenvalue weighted by atomic mass is 35.5. The summed E-state index contributed by atoms with van der Waals surface area (Å²) in [5.41, 5.74) is 0.806. The van der Waals surface area contributed by atoms with Crippen LogP contribution in [0.3, 0.4) is 0 Å². The lowest BCUT2D eigenvalue weighted by Crippen LogP contribution is -2.12. The summed E-state index contributed by atoms with van der Waals surface area (Å²) in [5.74, 6) is -0.464. The quantitative estimate of drug-likeness (QED) is 0.513. The number of halogens is 3. The number of hydrogen-bond donors (Lipinski definition) is 0. The van der Waals surface area contributed by atoms with Gasteiger partial charge in [-0.25, -0.2) is 13.3 Å². The van der Waals surface area contributed by atoms with Gasteiger partial charge in [-0.05, 0) is 19.2 Å². The van der Waals surface area contributed by atoms with Gasteiger partial charge in [0.25, 0.3) is 6.47 Å². The standard InChI is InChI=1S/C14H13ClF2N2O3S2/c1-7-14(23-3)18-13(19(7)24-17)12(22-6-20)8-4-9(15)10(16)5-11(8)21-2/h4-6,12H,1-3H3. The van der Waals surface area contributed by atoms with E-state index in [0.717, 1.165) is 6.07 Å². The molecule has 0 amide bonds. The van der Waals surface area contributed by atoms with Crippen molar-refractivity contribution < 1.29 is 22.5 Å². The van der Waals surface area contributed by atoms with Gasteiger partial charge < -0.3 is 9.47 Å². The normalized spacial score (nSPS) is 12.1. The summed E-state index contributed by atoms with van der Waals surface area (Å²) in [5, 5.41) is 0.389. The van der Waals surface area contributed by atoms with E-state index >= 15 is 0 Å². The van der Waals surface area contributed by atoms with E-state index in [1.54, 1.807) is 13.2 Å². The maximum atomic E-state index is 13.7. The summed E-state index contributed by atoms with van der Waals surface area (Å²) in [6.07, 6.45) is 0.676. The van der Waals surface area contributed by atoms with E-state index in [-0.39, 0.29) is 41.0 Å². The van der Waals surface area contributed by atoms with Crippen LogP contribution >= 0.6 is 35.7 Å². The smallest absolute Gasteiger partial charge is 0.294 e. The lowest BCUT2D eigenvalue weighted by molar-refractivity contribution is -0.132. The number of thioether (sulfide) groups is 1. The molecule has 0 N–H and O–H groups in total. The number of carbonyl (C=O) groups is 1. The van der Waals surface area contributed by atoms with Crippen molar-refractivity contribution in [2.24, 2.45) is 0 Å². The van der Waals surface area contributed by atoms with Crippen LogP contribution in [0.25, 0.3) is 0 Å². The van der Waals surface area contributed by atoms with E-state index in [1.807, 2.05) is 0 Å². The third-order valence-corrected chi connectivity index (χ3v) is 4.94. The van der Waals surface area contributed by atoms with Crippen molar-refractivity contribution in [1.29, 1.82) is 0 Å². The van der Waals surface area contributed by atoms with Crippen molar-refractivity contribution in [2.75, 3.05) is 13.4 Å². The molecular weight excluding hydrogens is 382 g/mol. The van der Waals surface area contributed by atoms with E-state index in [1.165, 1.54) is 28.9 Å². The first-order valence-electron chi connectivity index (χ1n) is 6.52. The van der Waals surface area contributed by atoms with Crippen LogP contribution in [0.15, 0.2) is 17.2 Å². The monoisotopic (exact) mass is 394 g/mol. The molecular formula is C14H13ClF2N2O3S2. The lowest BCUT2D eigenvalue weighted by atomic mass is 10.1. The van der Waals surface area contributed by atoms with Gasteiger partial charge in [-0.3, -0.25) is 4.79 Å². The second kappa shape index (κ2) is 8.09. The zero-order valence-corrected chi connectivity index (χ0v) is 15.3. The Bertz CT molecular complexity index is 758. The fraction of sp³-hybridized carbons (Fsp3) is 0.286. The summed E-state index contributed by atoms with van der Waals surface area (Å²) in [6.45, 7) is 1.89. The van der Waals surface area contributed by atoms with Crippen molar-refractivity contribution in [2.45, 2.75) is 18.1 Å². The van der Waals surface area contributed by atoms with Crippen LogP contribution in [0.2, 0.25) is 5.02 Å². The second-order valence-corrected chi connectivity index (χ2v) is 6.25. The Morgan fingerprint density at radius 3 is 2.71 bits per heavy atom. The molecule has 1 atom stereocenters. The Balaban J connectivity index is 2.67. The Kier molecular flexibility index (Phi) is 6.36. The molecule has 10 heteroatoms. The number of carbonyl (C=O) groups excluding carboxylic acids is 1. The topological polar surface area (TPSA) is 53.4 Å². The summed E-state index contributed by atoms with van der Waals surface area (Å²) in [4.78, 5) is 15.3. The summed E-state index contributed by atoms with van der Waals surface area (Å²) in [7, 11) is 1.33. The van der Waals surface area contributed by atoms with Gasteiger partial charge in [0.1, 0.15) is 16.6 Å². The number of nitrogens with zero attached hydrogens (tertiary/aromatic N) is 2. The summed E-state index contributed by atoms with van der Waals surface area (Å²) >= 11 is 7.07. The minimum absolute atomic E-state index is 0.0751. The molecule has 0 spiro atoms. The third-order valence-electron chi connectivity index (χ3n) is 3.28. The first kappa shape index (κ1) is 18.9. The predicted octanol–water partition coefficient (Wildman–Crippen LogP) is 4.36. The Morgan fingerprint density at radius 2 is 2.17 bits per heavy atom. The van der Waals surface area contributed by atoms with E-state index in [4.69, 9.17) is 21.1 Å². The Labute approximate surface area is 151 Å². The average molecular weight is 395 g/mol. The first-order chi connectivity index (χ1) is 11.5. The molecule has 0 fully saturated rings. The van der Waals surface area contributed by atoms with Crippen LogP contribution in [0.5, 0.6) is 5.75 Å². The largest absolute Gasteiger partial charge is 0.496 e. The van der Waals surface area contributed by atoms with Crippen molar-refractivity contribution in [1.82, 2.24) is 8.96 Å². The van der Waals surface area contributed by atoms with Gasteiger partial charge in [-0.2, -0.15) is 0 Å². The number of imidazole rings is 1. The van der Waals surface area contributed by atoms with Crippen LogP contribution in [-0.4, -0.2) is 28.8 Å². The summed E-state index contributed by atoms with van der Waals surface area (Å²) in [6, 6.07) is 2.33. The lowest BCUT2D eigenvalue weighted by Gasteiger charge is -2.18. The maximum absolute atomic E-state index is 13.7. The molecule has 5 nitrogen and oxygen atoms in total. The van der Waals surface area contributed by atoms with Gasteiger partial charge in [-0.15, -0.1) is 15.6 Å². The number of aromatic nitrogens is 2. The van der Waals surface area contributed by atoms with Crippen LogP contribution in [0.1, 0.15) is 23.2 Å². The molecule has 1 heterocycles. The first-order valence-corrected chi connectivity index (χ1v) is 8.80. The van der Waals surface area contributed by atoms with Gasteiger partial charge >= 0.3 is 0 Å². The molecule has 0 saturated heterocycles. The van der Waals surface area contributed by atoms with Gasteiger partial charge in [0, 0.05) is 11.6 Å². The maximum Gasteiger partial charge on any atom is 0.294 e. The number of benzene rings is 1. The Morgan fingerprint density at radius 1 is 1.46 bits per heavy atom. The number of rotatable bonds is 7. The number of ether oxygens (including phenoxy) is 2. The molecule has 0 aliphatic heterocycles. The van der Waals surface area contributed by atoms with Crippen LogP contribution in [0.4, 0.5) is 8.28 Å². The number of hydrogen-bond acceptors (Lipinski definition) is 6. The van der Waals surface area contributed by atoms with E-state index < -0.39 is 11.9 Å². The molecule has 0 bridgehead atoms. The van der Waals surface area contributed by atoms with Crippen molar-refractivity contribution in [3.8, 4) is 5.75 Å². The van der Waals surface area contributed by atoms with Crippen LogP contribution < -0.4 is 4.74 Å². The highest BCUT2D eigenvalue weighted by Gasteiger charge is 2.29. The molecule has 0 aliphatic carbocycles. The number of methoxy groups -OCH3 is 1. The molecule has 1 aromatic carbocycles. The SMILES string of the molecule is COc1cc(F)c(Cl)cc1C(OC=O)c1nc(SC)c(C)n1SF. The van der Waals surface area contributed by atoms with Gasteiger partial charge in [-0.1, -0.05) is 11.6 Å². The molecule has 24 heavy (non-hydrogen) atoms. The zero-order chi connectivity index (χ0) is 17.9. The highest BCUT2D eigenvalue weighted by molar-refractivity contribution is 7.98. The van der Waals surface area contributed by atoms with Crippen LogP contribution in [0, 0.1) is 12.7 Å². The molecule has 2 aromatic rings. The van der Waals surface area contributed by atoms with Crippen molar-refractivity contribution >= 4 is 42.2 Å². The molecule has 1 aromatic heterocycles. The fourth-order valence-corrected chi connectivity index (χ4v) is 3.39. The zero-order valence-electron chi connectivity index (χ0n) is 12.9. The van der Waals surface area contributed by atoms with Gasteiger partial charge in [0.05, 0.1) is 17.8 Å².